The summed E-state index contributed by atoms with van der Waals surface area (Å²) >= 11 is 0. The first-order valence-corrected chi connectivity index (χ1v) is 9.77. The summed E-state index contributed by atoms with van der Waals surface area (Å²) in [6.07, 6.45) is 5.98. The molecule has 1 aromatic carbocycles. The first-order valence-electron chi connectivity index (χ1n) is 9.77. The Morgan fingerprint density at radius 3 is 2.61 bits per heavy atom. The van der Waals surface area contributed by atoms with Crippen molar-refractivity contribution in [3.8, 4) is 0 Å². The molecule has 0 saturated heterocycles. The number of fused-ring (bicyclic) bond motifs is 1. The Labute approximate surface area is 171 Å². The second kappa shape index (κ2) is 10.4. The van der Waals surface area contributed by atoms with Gasteiger partial charge in [-0.3, -0.25) is 14.4 Å². The van der Waals surface area contributed by atoms with Crippen molar-refractivity contribution in [3.05, 3.63) is 24.3 Å². The third-order valence-electron chi connectivity index (χ3n) is 5.46. The fourth-order valence-electron chi connectivity index (χ4n) is 4.00. The molecule has 1 saturated carbocycles. The summed E-state index contributed by atoms with van der Waals surface area (Å²) in [5.41, 5.74) is 7.15. The molecular formula is C20H29ClN4O3. The molecule has 1 aliphatic carbocycles. The van der Waals surface area contributed by atoms with Crippen LogP contribution in [0.25, 0.3) is 0 Å². The van der Waals surface area contributed by atoms with E-state index in [9.17, 15) is 14.4 Å². The zero-order valence-electron chi connectivity index (χ0n) is 16.0. The predicted octanol–water partition coefficient (Wildman–Crippen LogP) is 2.20. The van der Waals surface area contributed by atoms with Crippen LogP contribution >= 0.6 is 12.4 Å². The summed E-state index contributed by atoms with van der Waals surface area (Å²) in [5, 5.41) is 5.76. The van der Waals surface area contributed by atoms with E-state index < -0.39 is 0 Å². The van der Waals surface area contributed by atoms with Gasteiger partial charge in [0.1, 0.15) is 6.54 Å². The standard InChI is InChI=1S/C20H28N4O3.ClH/c21-12-16(14-6-2-1-3-7-14)23-18(25)10-11-20(27)24-13-19(26)22-15-8-4-5-9-17(15)24;/h4-5,8-9,14,16H,1-3,6-7,10-13,21H2,(H,22,26)(H,23,25);1H. The van der Waals surface area contributed by atoms with Crippen LogP contribution in [0.3, 0.4) is 0 Å². The molecule has 1 aliphatic heterocycles. The molecule has 2 aliphatic rings. The Bertz CT molecular complexity index is 706. The number of nitrogens with one attached hydrogen (secondary N) is 2. The molecule has 7 nitrogen and oxygen atoms in total. The summed E-state index contributed by atoms with van der Waals surface area (Å²) in [7, 11) is 0. The van der Waals surface area contributed by atoms with E-state index >= 15 is 0 Å². The summed E-state index contributed by atoms with van der Waals surface area (Å²) in [4.78, 5) is 38.2. The molecule has 8 heteroatoms. The smallest absolute Gasteiger partial charge is 0.244 e. The van der Waals surface area contributed by atoms with Crippen LogP contribution in [-0.4, -0.2) is 36.9 Å². The first kappa shape index (κ1) is 22.2. The van der Waals surface area contributed by atoms with Gasteiger partial charge in [-0.15, -0.1) is 12.4 Å². The first-order chi connectivity index (χ1) is 13.1. The van der Waals surface area contributed by atoms with Crippen molar-refractivity contribution in [1.82, 2.24) is 5.32 Å². The molecule has 154 valence electrons. The van der Waals surface area contributed by atoms with Gasteiger partial charge >= 0.3 is 0 Å². The molecule has 3 amide bonds. The van der Waals surface area contributed by atoms with Crippen LogP contribution in [-0.2, 0) is 14.4 Å². The normalized spacial score (nSPS) is 17.8. The largest absolute Gasteiger partial charge is 0.352 e. The van der Waals surface area contributed by atoms with E-state index in [1.54, 1.807) is 18.2 Å². The SMILES string of the molecule is Cl.NCC(NC(=O)CCC(=O)N1CC(=O)Nc2ccccc21)C1CCCCC1. The fraction of sp³-hybridized carbons (Fsp3) is 0.550. The molecule has 0 aromatic heterocycles. The van der Waals surface area contributed by atoms with E-state index in [2.05, 4.69) is 10.6 Å². The second-order valence-corrected chi connectivity index (χ2v) is 7.35. The van der Waals surface area contributed by atoms with E-state index in [4.69, 9.17) is 5.73 Å². The topological polar surface area (TPSA) is 105 Å². The third kappa shape index (κ3) is 5.45. The lowest BCUT2D eigenvalue weighted by Crippen LogP contribution is -2.46. The molecule has 3 rings (SSSR count). The molecule has 4 N–H and O–H groups in total. The number of benzene rings is 1. The Balaban J connectivity index is 0.00000280. The average molecular weight is 409 g/mol. The lowest BCUT2D eigenvalue weighted by Gasteiger charge is -2.30. The van der Waals surface area contributed by atoms with E-state index in [0.717, 1.165) is 12.8 Å². The minimum absolute atomic E-state index is 0. The van der Waals surface area contributed by atoms with Crippen molar-refractivity contribution in [2.24, 2.45) is 11.7 Å². The molecule has 0 bridgehead atoms. The molecule has 28 heavy (non-hydrogen) atoms. The Hall–Kier alpha value is -2.12. The maximum absolute atomic E-state index is 12.6. The molecule has 1 unspecified atom stereocenters. The molecule has 0 radical (unpaired) electrons. The van der Waals surface area contributed by atoms with Crippen LogP contribution in [0.4, 0.5) is 11.4 Å². The van der Waals surface area contributed by atoms with Gasteiger partial charge in [0.25, 0.3) is 0 Å². The number of carbonyl (C=O) groups excluding carboxylic acids is 3. The van der Waals surface area contributed by atoms with Crippen molar-refractivity contribution in [1.29, 1.82) is 0 Å². The minimum Gasteiger partial charge on any atom is -0.352 e. The second-order valence-electron chi connectivity index (χ2n) is 7.35. The predicted molar refractivity (Wildman–Crippen MR) is 111 cm³/mol. The number of nitrogens with zero attached hydrogens (tertiary/aromatic N) is 1. The van der Waals surface area contributed by atoms with Crippen LogP contribution in [0.2, 0.25) is 0 Å². The number of anilines is 2. The lowest BCUT2D eigenvalue weighted by molar-refractivity contribution is -0.126. The van der Waals surface area contributed by atoms with E-state index in [1.807, 2.05) is 6.07 Å². The third-order valence-corrected chi connectivity index (χ3v) is 5.46. The molecule has 1 heterocycles. The lowest BCUT2D eigenvalue weighted by atomic mass is 9.84. The summed E-state index contributed by atoms with van der Waals surface area (Å²) in [6.45, 7) is 0.398. The highest BCUT2D eigenvalue weighted by molar-refractivity contribution is 6.10. The molecule has 1 fully saturated rings. The van der Waals surface area contributed by atoms with Gasteiger partial charge in [-0.25, -0.2) is 0 Å². The van der Waals surface area contributed by atoms with Crippen LogP contribution in [0.15, 0.2) is 24.3 Å². The Morgan fingerprint density at radius 2 is 1.89 bits per heavy atom. The van der Waals surface area contributed by atoms with Crippen LogP contribution in [0, 0.1) is 5.92 Å². The van der Waals surface area contributed by atoms with Gasteiger partial charge in [0.2, 0.25) is 17.7 Å². The summed E-state index contributed by atoms with van der Waals surface area (Å²) < 4.78 is 0. The van der Waals surface area contributed by atoms with Crippen molar-refractivity contribution >= 4 is 41.5 Å². The Morgan fingerprint density at radius 1 is 1.18 bits per heavy atom. The maximum Gasteiger partial charge on any atom is 0.244 e. The highest BCUT2D eigenvalue weighted by Crippen LogP contribution is 2.29. The van der Waals surface area contributed by atoms with Crippen molar-refractivity contribution in [3.63, 3.8) is 0 Å². The van der Waals surface area contributed by atoms with Gasteiger partial charge in [-0.1, -0.05) is 31.4 Å². The zero-order valence-corrected chi connectivity index (χ0v) is 16.8. The van der Waals surface area contributed by atoms with Crippen molar-refractivity contribution in [2.75, 3.05) is 23.3 Å². The number of para-hydroxylation sites is 2. The zero-order chi connectivity index (χ0) is 19.2. The maximum atomic E-state index is 12.6. The molecule has 1 aromatic rings. The number of carbonyl (C=O) groups is 3. The van der Waals surface area contributed by atoms with Gasteiger partial charge < -0.3 is 21.3 Å². The van der Waals surface area contributed by atoms with Crippen LogP contribution in [0.5, 0.6) is 0 Å². The molecule has 0 spiro atoms. The van der Waals surface area contributed by atoms with E-state index in [0.29, 0.717) is 23.8 Å². The number of nitrogens with two attached hydrogens (primary N) is 1. The van der Waals surface area contributed by atoms with Crippen LogP contribution < -0.4 is 21.3 Å². The van der Waals surface area contributed by atoms with Gasteiger partial charge in [0, 0.05) is 25.4 Å². The molecular weight excluding hydrogens is 380 g/mol. The summed E-state index contributed by atoms with van der Waals surface area (Å²) in [6, 6.07) is 7.16. The van der Waals surface area contributed by atoms with Gasteiger partial charge in [0.05, 0.1) is 11.4 Å². The number of halogens is 1. The van der Waals surface area contributed by atoms with Crippen LogP contribution in [0.1, 0.15) is 44.9 Å². The van der Waals surface area contributed by atoms with Crippen molar-refractivity contribution in [2.45, 2.75) is 51.0 Å². The number of hydrogen-bond acceptors (Lipinski definition) is 4. The average Bonchev–Trinajstić information content (AvgIpc) is 2.70. The fourth-order valence-corrected chi connectivity index (χ4v) is 4.00. The van der Waals surface area contributed by atoms with Gasteiger partial charge in [-0.2, -0.15) is 0 Å². The number of hydrogen-bond donors (Lipinski definition) is 3. The quantitative estimate of drug-likeness (QED) is 0.671. The number of rotatable bonds is 6. The monoisotopic (exact) mass is 408 g/mol. The highest BCUT2D eigenvalue weighted by atomic mass is 35.5. The summed E-state index contributed by atoms with van der Waals surface area (Å²) in [5.74, 6) is -0.179. The van der Waals surface area contributed by atoms with E-state index in [1.165, 1.54) is 24.2 Å². The van der Waals surface area contributed by atoms with E-state index in [-0.39, 0.29) is 55.6 Å². The Kier molecular flexibility index (Phi) is 8.26. The van der Waals surface area contributed by atoms with Gasteiger partial charge in [0.15, 0.2) is 0 Å². The van der Waals surface area contributed by atoms with Gasteiger partial charge in [-0.05, 0) is 30.9 Å². The highest BCUT2D eigenvalue weighted by Gasteiger charge is 2.28. The minimum atomic E-state index is -0.230. The van der Waals surface area contributed by atoms with Crippen molar-refractivity contribution < 1.29 is 14.4 Å². The number of amides is 3. The molecule has 1 atom stereocenters.